The maximum Gasteiger partial charge on any atom is 0.255 e. The average Bonchev–Trinajstić information content (AvgIpc) is 2.76. The second kappa shape index (κ2) is 5.41. The predicted octanol–water partition coefficient (Wildman–Crippen LogP) is 2.61. The second-order valence-corrected chi connectivity index (χ2v) is 7.08. The summed E-state index contributed by atoms with van der Waals surface area (Å²) in [5.74, 6) is 0.458. The number of nitrogens with one attached hydrogen (secondary N) is 1. The smallest absolute Gasteiger partial charge is 0.255 e. The molecule has 0 saturated carbocycles. The third-order valence-corrected chi connectivity index (χ3v) is 4.07. The number of piperidine rings is 1. The van der Waals surface area contributed by atoms with Crippen LogP contribution in [0.15, 0.2) is 30.5 Å². The molecule has 0 bridgehead atoms. The molecule has 23 heavy (non-hydrogen) atoms. The van der Waals surface area contributed by atoms with Crippen molar-refractivity contribution >= 4 is 11.8 Å². The first-order chi connectivity index (χ1) is 10.8. The minimum atomic E-state index is -0.442. The zero-order valence-electron chi connectivity index (χ0n) is 13.8. The molecule has 2 amide bonds. The molecule has 1 aromatic rings. The molecule has 1 saturated heterocycles. The van der Waals surface area contributed by atoms with E-state index in [9.17, 15) is 9.59 Å². The third-order valence-electron chi connectivity index (χ3n) is 4.07. The first-order valence-electron chi connectivity index (χ1n) is 7.87. The second-order valence-electron chi connectivity index (χ2n) is 7.08. The largest absolute Gasteiger partial charge is 0.488 e. The van der Waals surface area contributed by atoms with Gasteiger partial charge in [-0.25, -0.2) is 0 Å². The van der Waals surface area contributed by atoms with Crippen LogP contribution in [0.4, 0.5) is 0 Å². The van der Waals surface area contributed by atoms with E-state index in [0.29, 0.717) is 36.4 Å². The number of hydrogen-bond donors (Lipinski definition) is 1. The van der Waals surface area contributed by atoms with Gasteiger partial charge in [0.1, 0.15) is 17.4 Å². The number of benzene rings is 1. The van der Waals surface area contributed by atoms with Crippen molar-refractivity contribution < 1.29 is 14.3 Å². The Morgan fingerprint density at radius 1 is 1.30 bits per heavy atom. The number of hydrogen-bond acceptors (Lipinski definition) is 3. The molecule has 1 aromatic carbocycles. The van der Waals surface area contributed by atoms with Gasteiger partial charge in [-0.3, -0.25) is 9.59 Å². The number of carbonyl (C=O) groups is 2. The Morgan fingerprint density at radius 2 is 2.04 bits per heavy atom. The summed E-state index contributed by atoms with van der Waals surface area (Å²) in [6, 6.07) is 5.06. The highest BCUT2D eigenvalue weighted by Gasteiger charge is 2.39. The molecular formula is C18H22N2O3. The van der Waals surface area contributed by atoms with Gasteiger partial charge in [0.15, 0.2) is 0 Å². The van der Waals surface area contributed by atoms with Crippen molar-refractivity contribution in [2.75, 3.05) is 0 Å². The van der Waals surface area contributed by atoms with E-state index in [0.717, 1.165) is 5.56 Å². The first-order valence-corrected chi connectivity index (χ1v) is 7.87. The van der Waals surface area contributed by atoms with Crippen LogP contribution in [0.3, 0.4) is 0 Å². The van der Waals surface area contributed by atoms with Crippen LogP contribution in [0.2, 0.25) is 0 Å². The summed E-state index contributed by atoms with van der Waals surface area (Å²) in [5, 5.41) is 2.75. The zero-order chi connectivity index (χ0) is 16.8. The quantitative estimate of drug-likeness (QED) is 0.913. The van der Waals surface area contributed by atoms with Crippen molar-refractivity contribution in [3.05, 3.63) is 41.6 Å². The minimum absolute atomic E-state index is 0.105. The molecule has 5 heteroatoms. The molecule has 2 heterocycles. The van der Waals surface area contributed by atoms with Crippen LogP contribution in [0, 0.1) is 0 Å². The Bertz CT molecular complexity index is 688. The highest BCUT2D eigenvalue weighted by Crippen LogP contribution is 2.35. The molecular weight excluding hydrogens is 292 g/mol. The molecule has 1 atom stereocenters. The summed E-state index contributed by atoms with van der Waals surface area (Å²) in [4.78, 5) is 26.6. The fourth-order valence-corrected chi connectivity index (χ4v) is 3.06. The average molecular weight is 314 g/mol. The topological polar surface area (TPSA) is 58.6 Å². The standard InChI is InChI=1S/C18H22N2O3/c1-11-8-9-14(16(21)19-11)20-10-13-12(17(20)22)6-5-7-15(13)23-18(2,3)4/h5-7,14H,1,8-10H2,2-4H3,(H,19,21). The fourth-order valence-electron chi connectivity index (χ4n) is 3.06. The SMILES string of the molecule is C=C1CCC(N2Cc3c(OC(C)(C)C)cccc3C2=O)C(=O)N1. The molecule has 5 nitrogen and oxygen atoms in total. The summed E-state index contributed by atoms with van der Waals surface area (Å²) < 4.78 is 5.98. The molecule has 0 radical (unpaired) electrons. The Morgan fingerprint density at radius 3 is 2.70 bits per heavy atom. The molecule has 1 fully saturated rings. The van der Waals surface area contributed by atoms with Gasteiger partial charge in [-0.05, 0) is 45.7 Å². The van der Waals surface area contributed by atoms with Gasteiger partial charge >= 0.3 is 0 Å². The van der Waals surface area contributed by atoms with Crippen molar-refractivity contribution in [1.29, 1.82) is 0 Å². The van der Waals surface area contributed by atoms with E-state index in [-0.39, 0.29) is 17.4 Å². The summed E-state index contributed by atoms with van der Waals surface area (Å²) >= 11 is 0. The number of carbonyl (C=O) groups excluding carboxylic acids is 2. The number of fused-ring (bicyclic) bond motifs is 1. The van der Waals surface area contributed by atoms with Crippen LogP contribution in [-0.2, 0) is 11.3 Å². The van der Waals surface area contributed by atoms with Gasteiger partial charge in [-0.15, -0.1) is 0 Å². The maximum atomic E-state index is 12.7. The van der Waals surface area contributed by atoms with E-state index in [1.165, 1.54) is 0 Å². The summed E-state index contributed by atoms with van der Waals surface area (Å²) in [6.07, 6.45) is 1.31. The molecule has 0 spiro atoms. The Kier molecular flexibility index (Phi) is 3.66. The lowest BCUT2D eigenvalue weighted by Gasteiger charge is -2.31. The van der Waals surface area contributed by atoms with E-state index in [1.54, 1.807) is 11.0 Å². The van der Waals surface area contributed by atoms with Gasteiger partial charge in [-0.1, -0.05) is 12.6 Å². The fraction of sp³-hybridized carbons (Fsp3) is 0.444. The summed E-state index contributed by atoms with van der Waals surface area (Å²) in [5.41, 5.74) is 1.87. The van der Waals surface area contributed by atoms with Crippen LogP contribution < -0.4 is 10.1 Å². The molecule has 0 aromatic heterocycles. The molecule has 1 N–H and O–H groups in total. The monoisotopic (exact) mass is 314 g/mol. The number of ether oxygens (including phenoxy) is 1. The zero-order valence-corrected chi connectivity index (χ0v) is 13.8. The number of allylic oxidation sites excluding steroid dienone is 1. The Balaban J connectivity index is 1.88. The van der Waals surface area contributed by atoms with Crippen LogP contribution in [-0.4, -0.2) is 28.4 Å². The predicted molar refractivity (Wildman–Crippen MR) is 87.0 cm³/mol. The van der Waals surface area contributed by atoms with Crippen molar-refractivity contribution in [2.24, 2.45) is 0 Å². The van der Waals surface area contributed by atoms with Crippen molar-refractivity contribution in [3.63, 3.8) is 0 Å². The highest BCUT2D eigenvalue weighted by atomic mass is 16.5. The Labute approximate surface area is 136 Å². The van der Waals surface area contributed by atoms with Crippen molar-refractivity contribution in [2.45, 2.75) is 51.8 Å². The number of nitrogens with zero attached hydrogens (tertiary/aromatic N) is 1. The van der Waals surface area contributed by atoms with Crippen LogP contribution in [0.25, 0.3) is 0 Å². The molecule has 3 rings (SSSR count). The molecule has 122 valence electrons. The lowest BCUT2D eigenvalue weighted by Crippen LogP contribution is -2.49. The van der Waals surface area contributed by atoms with Gasteiger partial charge in [0.05, 0.1) is 6.54 Å². The summed E-state index contributed by atoms with van der Waals surface area (Å²) in [7, 11) is 0. The summed E-state index contributed by atoms with van der Waals surface area (Å²) in [6.45, 7) is 10.1. The van der Waals surface area contributed by atoms with Crippen molar-refractivity contribution in [1.82, 2.24) is 10.2 Å². The molecule has 1 unspecified atom stereocenters. The normalized spacial score (nSPS) is 21.3. The van der Waals surface area contributed by atoms with Crippen molar-refractivity contribution in [3.8, 4) is 5.75 Å². The third kappa shape index (κ3) is 2.96. The number of amides is 2. The van der Waals surface area contributed by atoms with E-state index >= 15 is 0 Å². The van der Waals surface area contributed by atoms with Gasteiger partial charge in [0, 0.05) is 16.8 Å². The number of rotatable bonds is 2. The maximum absolute atomic E-state index is 12.7. The lowest BCUT2D eigenvalue weighted by atomic mass is 10.0. The highest BCUT2D eigenvalue weighted by molar-refractivity contribution is 6.02. The van der Waals surface area contributed by atoms with Gasteiger partial charge in [0.2, 0.25) is 5.91 Å². The Hall–Kier alpha value is -2.30. The van der Waals surface area contributed by atoms with E-state index in [4.69, 9.17) is 4.74 Å². The van der Waals surface area contributed by atoms with Crippen LogP contribution in [0.5, 0.6) is 5.75 Å². The lowest BCUT2D eigenvalue weighted by molar-refractivity contribution is -0.126. The van der Waals surface area contributed by atoms with Gasteiger partial charge in [0.25, 0.3) is 5.91 Å². The van der Waals surface area contributed by atoms with E-state index in [2.05, 4.69) is 11.9 Å². The van der Waals surface area contributed by atoms with E-state index in [1.807, 2.05) is 32.9 Å². The molecule has 0 aliphatic carbocycles. The first kappa shape index (κ1) is 15.6. The minimum Gasteiger partial charge on any atom is -0.488 e. The molecule has 2 aliphatic rings. The van der Waals surface area contributed by atoms with Gasteiger partial charge in [-0.2, -0.15) is 0 Å². The molecule has 2 aliphatic heterocycles. The van der Waals surface area contributed by atoms with Gasteiger partial charge < -0.3 is 15.0 Å². The van der Waals surface area contributed by atoms with Crippen LogP contribution in [0.1, 0.15) is 49.5 Å². The van der Waals surface area contributed by atoms with Crippen LogP contribution >= 0.6 is 0 Å². The van der Waals surface area contributed by atoms with E-state index < -0.39 is 6.04 Å².